The first-order valence-corrected chi connectivity index (χ1v) is 11.2. The van der Waals surface area contributed by atoms with E-state index in [1.165, 1.54) is 31.4 Å². The molecule has 178 valence electrons. The van der Waals surface area contributed by atoms with Crippen LogP contribution in [-0.2, 0) is 17.9 Å². The van der Waals surface area contributed by atoms with E-state index in [4.69, 9.17) is 9.47 Å². The molecule has 0 N–H and O–H groups in total. The molecule has 4 rings (SSSR count). The molecule has 2 amide bonds. The maximum absolute atomic E-state index is 14.0. The summed E-state index contributed by atoms with van der Waals surface area (Å²) in [6, 6.07) is 17.0. The van der Waals surface area contributed by atoms with E-state index in [2.05, 4.69) is 0 Å². The van der Waals surface area contributed by atoms with Crippen molar-refractivity contribution in [2.75, 3.05) is 7.11 Å². The summed E-state index contributed by atoms with van der Waals surface area (Å²) in [6.45, 7) is 0.0239. The van der Waals surface area contributed by atoms with Crippen LogP contribution in [0, 0.1) is 15.9 Å². The Hall–Kier alpha value is -4.18. The van der Waals surface area contributed by atoms with Crippen molar-refractivity contribution in [2.45, 2.75) is 13.2 Å². The topological polar surface area (TPSA) is 99.0 Å². The van der Waals surface area contributed by atoms with E-state index in [9.17, 15) is 24.1 Å². The molecule has 1 aliphatic heterocycles. The minimum absolute atomic E-state index is 0.00555. The van der Waals surface area contributed by atoms with E-state index in [1.807, 2.05) is 0 Å². The number of nitro benzene ring substituents is 1. The van der Waals surface area contributed by atoms with Crippen LogP contribution in [0.1, 0.15) is 16.7 Å². The molecule has 1 fully saturated rings. The highest BCUT2D eigenvalue weighted by molar-refractivity contribution is 8.18. The number of nitro groups is 1. The van der Waals surface area contributed by atoms with Crippen LogP contribution in [-0.4, -0.2) is 28.1 Å². The Morgan fingerprint density at radius 1 is 1.06 bits per heavy atom. The van der Waals surface area contributed by atoms with Crippen LogP contribution < -0.4 is 9.47 Å². The summed E-state index contributed by atoms with van der Waals surface area (Å²) in [6.07, 6.45) is 1.56. The van der Waals surface area contributed by atoms with Crippen molar-refractivity contribution in [3.8, 4) is 11.5 Å². The molecule has 3 aromatic carbocycles. The molecule has 35 heavy (non-hydrogen) atoms. The van der Waals surface area contributed by atoms with E-state index in [0.29, 0.717) is 17.1 Å². The van der Waals surface area contributed by atoms with Gasteiger partial charge in [-0.1, -0.05) is 24.3 Å². The van der Waals surface area contributed by atoms with Crippen LogP contribution in [0.3, 0.4) is 0 Å². The van der Waals surface area contributed by atoms with Crippen molar-refractivity contribution < 1.29 is 28.4 Å². The summed E-state index contributed by atoms with van der Waals surface area (Å²) in [7, 11) is 1.47. The summed E-state index contributed by atoms with van der Waals surface area (Å²) in [5.74, 6) is -0.132. The Morgan fingerprint density at radius 3 is 2.49 bits per heavy atom. The van der Waals surface area contributed by atoms with Crippen molar-refractivity contribution in [3.05, 3.63) is 104 Å². The maximum Gasteiger partial charge on any atom is 0.293 e. The zero-order chi connectivity index (χ0) is 24.9. The summed E-state index contributed by atoms with van der Waals surface area (Å²) in [4.78, 5) is 36.7. The molecule has 10 heteroatoms. The Labute approximate surface area is 204 Å². The van der Waals surface area contributed by atoms with Crippen LogP contribution >= 0.6 is 11.8 Å². The largest absolute Gasteiger partial charge is 0.493 e. The van der Waals surface area contributed by atoms with Gasteiger partial charge in [0.05, 0.1) is 23.5 Å². The van der Waals surface area contributed by atoms with Gasteiger partial charge in [-0.2, -0.15) is 0 Å². The second-order valence-electron chi connectivity index (χ2n) is 7.48. The molecule has 8 nitrogen and oxygen atoms in total. The third kappa shape index (κ3) is 5.49. The Bertz CT molecular complexity index is 1330. The number of benzene rings is 3. The van der Waals surface area contributed by atoms with E-state index in [-0.39, 0.29) is 29.3 Å². The van der Waals surface area contributed by atoms with Crippen LogP contribution in [0.5, 0.6) is 11.5 Å². The minimum atomic E-state index is -0.499. The number of thioether (sulfide) groups is 1. The molecular weight excluding hydrogens is 475 g/mol. The Kier molecular flexibility index (Phi) is 7.11. The van der Waals surface area contributed by atoms with Crippen molar-refractivity contribution in [1.82, 2.24) is 4.90 Å². The van der Waals surface area contributed by atoms with E-state index >= 15 is 0 Å². The Morgan fingerprint density at radius 2 is 1.80 bits per heavy atom. The van der Waals surface area contributed by atoms with Gasteiger partial charge in [0.2, 0.25) is 0 Å². The standard InChI is InChI=1S/C25H19FN2O6S/c1-33-22-12-17(8-11-21(22)34-15-16-6-9-19(10-7-16)28(31)32)13-23-24(29)27(25(30)35-23)14-18-4-2-3-5-20(18)26/h2-13H,14-15H2,1H3/b23-13+. The molecule has 0 unspecified atom stereocenters. The molecule has 0 radical (unpaired) electrons. The van der Waals surface area contributed by atoms with Gasteiger partial charge >= 0.3 is 0 Å². The number of carbonyl (C=O) groups is 2. The lowest BCUT2D eigenvalue weighted by atomic mass is 10.1. The van der Waals surface area contributed by atoms with Crippen LogP contribution in [0.4, 0.5) is 14.9 Å². The number of halogens is 1. The molecule has 1 aliphatic rings. The molecule has 0 aliphatic carbocycles. The predicted octanol–water partition coefficient (Wildman–Crippen LogP) is 5.56. The Balaban J connectivity index is 1.47. The van der Waals surface area contributed by atoms with Crippen LogP contribution in [0.25, 0.3) is 6.08 Å². The summed E-state index contributed by atoms with van der Waals surface area (Å²) < 4.78 is 25.1. The van der Waals surface area contributed by atoms with Gasteiger partial charge in [-0.15, -0.1) is 0 Å². The molecule has 0 atom stereocenters. The summed E-state index contributed by atoms with van der Waals surface area (Å²) >= 11 is 0.786. The van der Waals surface area contributed by atoms with Gasteiger partial charge in [0, 0.05) is 17.7 Å². The van der Waals surface area contributed by atoms with Crippen molar-refractivity contribution in [1.29, 1.82) is 0 Å². The van der Waals surface area contributed by atoms with Gasteiger partial charge < -0.3 is 9.47 Å². The van der Waals surface area contributed by atoms with Gasteiger partial charge in [0.15, 0.2) is 11.5 Å². The molecule has 1 heterocycles. The quantitative estimate of drug-likeness (QED) is 0.230. The highest BCUT2D eigenvalue weighted by Gasteiger charge is 2.35. The smallest absolute Gasteiger partial charge is 0.293 e. The summed E-state index contributed by atoms with van der Waals surface area (Å²) in [5, 5.41) is 10.3. The molecule has 3 aromatic rings. The second kappa shape index (κ2) is 10.4. The lowest BCUT2D eigenvalue weighted by molar-refractivity contribution is -0.384. The first-order valence-electron chi connectivity index (χ1n) is 10.4. The average Bonchev–Trinajstić information content (AvgIpc) is 3.11. The fourth-order valence-electron chi connectivity index (χ4n) is 3.35. The zero-order valence-electron chi connectivity index (χ0n) is 18.5. The molecule has 0 saturated carbocycles. The SMILES string of the molecule is COc1cc(/C=C2/SC(=O)N(Cc3ccccc3F)C2=O)ccc1OCc1ccc([N+](=O)[O-])cc1. The first-order chi connectivity index (χ1) is 16.9. The summed E-state index contributed by atoms with van der Waals surface area (Å²) in [5.41, 5.74) is 1.60. The first kappa shape index (κ1) is 24.0. The number of rotatable bonds is 8. The highest BCUT2D eigenvalue weighted by atomic mass is 32.2. The van der Waals surface area contributed by atoms with E-state index < -0.39 is 21.9 Å². The van der Waals surface area contributed by atoms with Crippen molar-refractivity contribution >= 4 is 34.7 Å². The van der Waals surface area contributed by atoms with Gasteiger partial charge in [0.25, 0.3) is 16.8 Å². The predicted molar refractivity (Wildman–Crippen MR) is 128 cm³/mol. The number of methoxy groups -OCH3 is 1. The number of hydrogen-bond acceptors (Lipinski definition) is 7. The lowest BCUT2D eigenvalue weighted by Gasteiger charge is -2.13. The molecule has 1 saturated heterocycles. The fraction of sp³-hybridized carbons (Fsp3) is 0.120. The highest BCUT2D eigenvalue weighted by Crippen LogP contribution is 2.35. The van der Waals surface area contributed by atoms with E-state index in [1.54, 1.807) is 48.5 Å². The van der Waals surface area contributed by atoms with Gasteiger partial charge in [-0.05, 0) is 59.3 Å². The average molecular weight is 495 g/mol. The molecule has 0 bridgehead atoms. The number of non-ortho nitro benzene ring substituents is 1. The molecule has 0 spiro atoms. The number of imide groups is 1. The molecule has 0 aromatic heterocycles. The van der Waals surface area contributed by atoms with Gasteiger partial charge in [-0.3, -0.25) is 24.6 Å². The molecular formula is C25H19FN2O6S. The van der Waals surface area contributed by atoms with Gasteiger partial charge in [-0.25, -0.2) is 4.39 Å². The number of nitrogens with zero attached hydrogens (tertiary/aromatic N) is 2. The van der Waals surface area contributed by atoms with E-state index in [0.717, 1.165) is 22.2 Å². The number of hydrogen-bond donors (Lipinski definition) is 0. The zero-order valence-corrected chi connectivity index (χ0v) is 19.3. The number of amides is 2. The second-order valence-corrected chi connectivity index (χ2v) is 8.47. The fourth-order valence-corrected chi connectivity index (χ4v) is 4.19. The third-order valence-corrected chi connectivity index (χ3v) is 6.09. The van der Waals surface area contributed by atoms with Gasteiger partial charge in [0.1, 0.15) is 12.4 Å². The van der Waals surface area contributed by atoms with Crippen LogP contribution in [0.2, 0.25) is 0 Å². The number of ether oxygens (including phenoxy) is 2. The normalized spacial score (nSPS) is 14.5. The van der Waals surface area contributed by atoms with Crippen LogP contribution in [0.15, 0.2) is 71.6 Å². The maximum atomic E-state index is 14.0. The van der Waals surface area contributed by atoms with Crippen molar-refractivity contribution in [2.24, 2.45) is 0 Å². The third-order valence-electron chi connectivity index (χ3n) is 5.19. The minimum Gasteiger partial charge on any atom is -0.493 e. The van der Waals surface area contributed by atoms with Crippen molar-refractivity contribution in [3.63, 3.8) is 0 Å². The number of carbonyl (C=O) groups excluding carboxylic acids is 2. The monoisotopic (exact) mass is 494 g/mol. The lowest BCUT2D eigenvalue weighted by Crippen LogP contribution is -2.27.